The molecule has 2 aromatic heterocycles. The fourth-order valence-corrected chi connectivity index (χ4v) is 4.79. The highest BCUT2D eigenvalue weighted by Crippen LogP contribution is 2.31. The van der Waals surface area contributed by atoms with Gasteiger partial charge in [0.25, 0.3) is 5.91 Å². The fraction of sp³-hybridized carbons (Fsp3) is 0.190. The van der Waals surface area contributed by atoms with Gasteiger partial charge in [-0.25, -0.2) is 4.39 Å². The topological polar surface area (TPSA) is 68.0 Å². The summed E-state index contributed by atoms with van der Waals surface area (Å²) >= 11 is 2.77. The Morgan fingerprint density at radius 3 is 2.69 bits per heavy atom. The second-order valence-electron chi connectivity index (χ2n) is 6.76. The number of benzene rings is 2. The Morgan fingerprint density at radius 2 is 1.93 bits per heavy atom. The largest absolute Gasteiger partial charge is 0.450 e. The summed E-state index contributed by atoms with van der Waals surface area (Å²) in [6.07, 6.45) is 0. The fourth-order valence-electron chi connectivity index (χ4n) is 3.08. The van der Waals surface area contributed by atoms with E-state index in [9.17, 15) is 9.18 Å². The van der Waals surface area contributed by atoms with Crippen LogP contribution < -0.4 is 5.32 Å². The number of carbonyl (C=O) groups excluding carboxylic acids is 1. The lowest BCUT2D eigenvalue weighted by molar-refractivity contribution is 0.0998. The Labute approximate surface area is 175 Å². The number of aryl methyl sites for hydroxylation is 3. The molecule has 1 amide bonds. The van der Waals surface area contributed by atoms with Crippen LogP contribution in [0, 0.1) is 26.6 Å². The van der Waals surface area contributed by atoms with Gasteiger partial charge >= 0.3 is 0 Å². The molecule has 5 nitrogen and oxygen atoms in total. The maximum atomic E-state index is 13.0. The summed E-state index contributed by atoms with van der Waals surface area (Å²) in [7, 11) is 0. The number of nitrogens with zero attached hydrogens (tertiary/aromatic N) is 2. The van der Waals surface area contributed by atoms with Gasteiger partial charge in [-0.1, -0.05) is 41.3 Å². The average Bonchev–Trinajstić information content (AvgIpc) is 3.26. The lowest BCUT2D eigenvalue weighted by Gasteiger charge is -1.99. The zero-order chi connectivity index (χ0) is 20.5. The Balaban J connectivity index is 1.46. The molecule has 0 saturated carbocycles. The average molecular weight is 428 g/mol. The molecule has 0 bridgehead atoms. The first-order valence-electron chi connectivity index (χ1n) is 8.93. The van der Waals surface area contributed by atoms with Gasteiger partial charge in [-0.3, -0.25) is 10.1 Å². The van der Waals surface area contributed by atoms with Crippen molar-refractivity contribution in [2.45, 2.75) is 30.9 Å². The molecule has 0 aliphatic rings. The molecule has 0 aliphatic heterocycles. The minimum absolute atomic E-state index is 0.258. The molecule has 0 radical (unpaired) electrons. The van der Waals surface area contributed by atoms with Gasteiger partial charge in [0.2, 0.25) is 5.13 Å². The van der Waals surface area contributed by atoms with Gasteiger partial charge in [0.1, 0.15) is 11.4 Å². The zero-order valence-corrected chi connectivity index (χ0v) is 17.7. The molecule has 0 fully saturated rings. The van der Waals surface area contributed by atoms with Crippen LogP contribution in [0.3, 0.4) is 0 Å². The number of fused-ring (bicyclic) bond motifs is 1. The maximum Gasteiger partial charge on any atom is 0.293 e. The predicted molar refractivity (Wildman–Crippen MR) is 114 cm³/mol. The van der Waals surface area contributed by atoms with Crippen molar-refractivity contribution in [1.29, 1.82) is 0 Å². The molecule has 29 heavy (non-hydrogen) atoms. The molecule has 2 aromatic carbocycles. The zero-order valence-electron chi connectivity index (χ0n) is 16.1. The standard InChI is InChI=1S/C21H18FN3O2S2/c1-11-8-12(2)17-16(9-11)13(3)18(27-17)19(26)23-20-24-25-21(29-20)28-10-14-4-6-15(22)7-5-14/h4-9H,10H2,1-3H3,(H,23,24,26). The van der Waals surface area contributed by atoms with Crippen molar-refractivity contribution < 1.29 is 13.6 Å². The molecular formula is C21H18FN3O2S2. The SMILES string of the molecule is Cc1cc(C)c2oc(C(=O)Nc3nnc(SCc4ccc(F)cc4)s3)c(C)c2c1. The van der Waals surface area contributed by atoms with Crippen LogP contribution >= 0.6 is 23.1 Å². The van der Waals surface area contributed by atoms with E-state index in [-0.39, 0.29) is 17.5 Å². The molecule has 148 valence electrons. The van der Waals surface area contributed by atoms with Crippen LogP contribution in [0.1, 0.15) is 32.8 Å². The molecule has 0 unspecified atom stereocenters. The van der Waals surface area contributed by atoms with Gasteiger partial charge in [-0.05, 0) is 55.7 Å². The molecule has 4 rings (SSSR count). The van der Waals surface area contributed by atoms with Gasteiger partial charge in [0.15, 0.2) is 10.1 Å². The van der Waals surface area contributed by atoms with Gasteiger partial charge in [-0.2, -0.15) is 0 Å². The monoisotopic (exact) mass is 427 g/mol. The highest BCUT2D eigenvalue weighted by Gasteiger charge is 2.20. The van der Waals surface area contributed by atoms with E-state index < -0.39 is 0 Å². The van der Waals surface area contributed by atoms with Crippen LogP contribution in [-0.4, -0.2) is 16.1 Å². The number of nitrogens with one attached hydrogen (secondary N) is 1. The summed E-state index contributed by atoms with van der Waals surface area (Å²) in [5.74, 6) is 0.321. The van der Waals surface area contributed by atoms with Crippen molar-refractivity contribution in [3.8, 4) is 0 Å². The number of halogens is 1. The second kappa shape index (κ2) is 7.96. The number of hydrogen-bond donors (Lipinski definition) is 1. The lowest BCUT2D eigenvalue weighted by Crippen LogP contribution is -2.11. The molecule has 2 heterocycles. The number of carbonyl (C=O) groups is 1. The quantitative estimate of drug-likeness (QED) is 0.318. The van der Waals surface area contributed by atoms with Crippen LogP contribution in [0.5, 0.6) is 0 Å². The highest BCUT2D eigenvalue weighted by molar-refractivity contribution is 8.00. The number of furan rings is 1. The molecule has 0 spiro atoms. The van der Waals surface area contributed by atoms with Gasteiger partial charge in [0.05, 0.1) is 0 Å². The van der Waals surface area contributed by atoms with Crippen LogP contribution in [0.25, 0.3) is 11.0 Å². The van der Waals surface area contributed by atoms with Crippen molar-refractivity contribution in [3.63, 3.8) is 0 Å². The molecular weight excluding hydrogens is 409 g/mol. The highest BCUT2D eigenvalue weighted by atomic mass is 32.2. The number of anilines is 1. The first-order chi connectivity index (χ1) is 13.9. The summed E-state index contributed by atoms with van der Waals surface area (Å²) < 4.78 is 19.5. The predicted octanol–water partition coefficient (Wildman–Crippen LogP) is 5.89. The van der Waals surface area contributed by atoms with E-state index in [0.29, 0.717) is 10.9 Å². The van der Waals surface area contributed by atoms with E-state index >= 15 is 0 Å². The molecule has 1 N–H and O–H groups in total. The van der Waals surface area contributed by atoms with E-state index in [1.165, 1.54) is 35.2 Å². The smallest absolute Gasteiger partial charge is 0.293 e. The Hall–Kier alpha value is -2.71. The van der Waals surface area contributed by atoms with E-state index in [4.69, 9.17) is 4.42 Å². The van der Waals surface area contributed by atoms with Crippen LogP contribution in [0.4, 0.5) is 9.52 Å². The van der Waals surface area contributed by atoms with E-state index in [1.54, 1.807) is 12.1 Å². The first kappa shape index (κ1) is 19.6. The summed E-state index contributed by atoms with van der Waals surface area (Å²) in [6, 6.07) is 10.4. The van der Waals surface area contributed by atoms with Crippen molar-refractivity contribution in [1.82, 2.24) is 10.2 Å². The Morgan fingerprint density at radius 1 is 1.17 bits per heavy atom. The van der Waals surface area contributed by atoms with E-state index in [0.717, 1.165) is 37.6 Å². The minimum atomic E-state index is -0.345. The minimum Gasteiger partial charge on any atom is -0.450 e. The summed E-state index contributed by atoms with van der Waals surface area (Å²) in [6.45, 7) is 5.87. The third-order valence-electron chi connectivity index (χ3n) is 4.48. The summed E-state index contributed by atoms with van der Waals surface area (Å²) in [5, 5.41) is 12.3. The van der Waals surface area contributed by atoms with Crippen molar-refractivity contribution in [3.05, 3.63) is 70.2 Å². The van der Waals surface area contributed by atoms with Crippen molar-refractivity contribution >= 4 is 45.1 Å². The lowest BCUT2D eigenvalue weighted by atomic mass is 10.1. The van der Waals surface area contributed by atoms with Crippen LogP contribution in [-0.2, 0) is 5.75 Å². The molecule has 0 aliphatic carbocycles. The van der Waals surface area contributed by atoms with Gasteiger partial charge in [-0.15, -0.1) is 10.2 Å². The third-order valence-corrected chi connectivity index (χ3v) is 6.52. The van der Waals surface area contributed by atoms with Gasteiger partial charge < -0.3 is 4.42 Å². The summed E-state index contributed by atoms with van der Waals surface area (Å²) in [5.41, 5.74) is 4.64. The Bertz CT molecular complexity index is 1200. The number of amides is 1. The molecule has 0 atom stereocenters. The van der Waals surface area contributed by atoms with Gasteiger partial charge in [0, 0.05) is 16.7 Å². The molecule has 8 heteroatoms. The Kier molecular flexibility index (Phi) is 5.38. The number of hydrogen-bond acceptors (Lipinski definition) is 6. The van der Waals surface area contributed by atoms with E-state index in [2.05, 4.69) is 15.5 Å². The normalized spacial score (nSPS) is 11.2. The van der Waals surface area contributed by atoms with Crippen LogP contribution in [0.2, 0.25) is 0 Å². The van der Waals surface area contributed by atoms with E-state index in [1.807, 2.05) is 32.9 Å². The third kappa shape index (κ3) is 4.18. The van der Waals surface area contributed by atoms with Crippen LogP contribution in [0.15, 0.2) is 45.2 Å². The first-order valence-corrected chi connectivity index (χ1v) is 10.7. The number of aromatic nitrogens is 2. The van der Waals surface area contributed by atoms with Crippen molar-refractivity contribution in [2.75, 3.05) is 5.32 Å². The second-order valence-corrected chi connectivity index (χ2v) is 8.96. The molecule has 0 saturated heterocycles. The number of thioether (sulfide) groups is 1. The molecule has 4 aromatic rings. The maximum absolute atomic E-state index is 13.0. The van der Waals surface area contributed by atoms with Crippen molar-refractivity contribution in [2.24, 2.45) is 0 Å². The summed E-state index contributed by atoms with van der Waals surface area (Å²) in [4.78, 5) is 12.7. The number of rotatable bonds is 5.